The van der Waals surface area contributed by atoms with Gasteiger partial charge in [-0.05, 0) is 36.6 Å². The van der Waals surface area contributed by atoms with Crippen LogP contribution in [0.5, 0.6) is 0 Å². The van der Waals surface area contributed by atoms with Crippen LogP contribution in [-0.2, 0) is 14.4 Å². The fourth-order valence-electron chi connectivity index (χ4n) is 3.32. The van der Waals surface area contributed by atoms with Gasteiger partial charge in [0.2, 0.25) is 17.7 Å². The number of nitrogens with one attached hydrogen (secondary N) is 1. The molecule has 1 aromatic carbocycles. The summed E-state index contributed by atoms with van der Waals surface area (Å²) >= 11 is 5.91. The van der Waals surface area contributed by atoms with Gasteiger partial charge >= 0.3 is 0 Å². The molecule has 1 aromatic rings. The van der Waals surface area contributed by atoms with Crippen LogP contribution in [0.4, 0.5) is 5.69 Å². The molecule has 1 atom stereocenters. The summed E-state index contributed by atoms with van der Waals surface area (Å²) in [6.45, 7) is 2.65. The quantitative estimate of drug-likeness (QED) is 0.783. The lowest BCUT2D eigenvalue weighted by Gasteiger charge is -2.19. The van der Waals surface area contributed by atoms with Crippen LogP contribution in [-0.4, -0.2) is 48.8 Å². The molecule has 0 bridgehead atoms. The van der Waals surface area contributed by atoms with Crippen LogP contribution in [0.2, 0.25) is 5.02 Å². The van der Waals surface area contributed by atoms with Crippen molar-refractivity contribution in [3.8, 4) is 0 Å². The summed E-state index contributed by atoms with van der Waals surface area (Å²) in [7, 11) is 0. The minimum Gasteiger partial charge on any atom is -0.371 e. The summed E-state index contributed by atoms with van der Waals surface area (Å²) in [5.41, 5.74) is 1.14. The van der Waals surface area contributed by atoms with E-state index in [0.717, 1.165) is 30.2 Å². The van der Waals surface area contributed by atoms with Crippen LogP contribution in [0.3, 0.4) is 0 Å². The highest BCUT2D eigenvalue weighted by molar-refractivity contribution is 6.30. The molecule has 3 rings (SSSR count). The third-order valence-corrected chi connectivity index (χ3v) is 5.03. The van der Waals surface area contributed by atoms with Crippen molar-refractivity contribution in [1.82, 2.24) is 10.2 Å². The molecular formula is C18H22ClN3O3. The number of hydrogen-bond donors (Lipinski definition) is 1. The van der Waals surface area contributed by atoms with Crippen LogP contribution in [0.15, 0.2) is 24.3 Å². The van der Waals surface area contributed by atoms with Gasteiger partial charge in [0, 0.05) is 56.2 Å². The van der Waals surface area contributed by atoms with E-state index < -0.39 is 0 Å². The third kappa shape index (κ3) is 4.51. The molecule has 2 aliphatic heterocycles. The van der Waals surface area contributed by atoms with Gasteiger partial charge in [-0.2, -0.15) is 0 Å². The normalized spacial score (nSPS) is 20.4. The van der Waals surface area contributed by atoms with Crippen LogP contribution < -0.4 is 10.2 Å². The lowest BCUT2D eigenvalue weighted by Crippen LogP contribution is -2.36. The zero-order valence-electron chi connectivity index (χ0n) is 14.0. The molecule has 7 heteroatoms. The van der Waals surface area contributed by atoms with Crippen molar-refractivity contribution in [3.63, 3.8) is 0 Å². The molecule has 0 unspecified atom stereocenters. The molecule has 134 valence electrons. The second-order valence-electron chi connectivity index (χ2n) is 6.57. The van der Waals surface area contributed by atoms with Crippen molar-refractivity contribution in [2.24, 2.45) is 5.92 Å². The first-order valence-electron chi connectivity index (χ1n) is 8.63. The standard InChI is InChI=1S/C18H22ClN3O3/c19-14-1-3-15(4-2-14)21-9-7-13(12-21)11-20-16(23)8-10-22-17(24)5-6-18(22)25/h1-4,13H,5-12H2,(H,20,23)/t13-/m1/s1. The highest BCUT2D eigenvalue weighted by Crippen LogP contribution is 2.24. The predicted molar refractivity (Wildman–Crippen MR) is 95.4 cm³/mol. The highest BCUT2D eigenvalue weighted by atomic mass is 35.5. The van der Waals surface area contributed by atoms with E-state index in [-0.39, 0.29) is 43.5 Å². The number of carbonyl (C=O) groups excluding carboxylic acids is 3. The Labute approximate surface area is 152 Å². The average molecular weight is 364 g/mol. The molecule has 2 fully saturated rings. The van der Waals surface area contributed by atoms with Crippen molar-refractivity contribution in [2.45, 2.75) is 25.7 Å². The lowest BCUT2D eigenvalue weighted by molar-refractivity contribution is -0.138. The topological polar surface area (TPSA) is 69.7 Å². The Bertz CT molecular complexity index is 646. The Balaban J connectivity index is 1.39. The number of halogens is 1. The molecule has 2 aliphatic rings. The van der Waals surface area contributed by atoms with Gasteiger partial charge in [-0.15, -0.1) is 0 Å². The Morgan fingerprint density at radius 1 is 1.16 bits per heavy atom. The molecule has 6 nitrogen and oxygen atoms in total. The van der Waals surface area contributed by atoms with E-state index in [9.17, 15) is 14.4 Å². The van der Waals surface area contributed by atoms with Crippen molar-refractivity contribution in [1.29, 1.82) is 0 Å². The number of rotatable bonds is 6. The van der Waals surface area contributed by atoms with Gasteiger partial charge in [0.1, 0.15) is 0 Å². The Hall–Kier alpha value is -2.08. The first kappa shape index (κ1) is 17.7. The third-order valence-electron chi connectivity index (χ3n) is 4.78. The summed E-state index contributed by atoms with van der Waals surface area (Å²) in [6, 6.07) is 7.78. The molecule has 0 saturated carbocycles. The molecule has 2 heterocycles. The maximum Gasteiger partial charge on any atom is 0.229 e. The van der Waals surface area contributed by atoms with Crippen LogP contribution in [0, 0.1) is 5.92 Å². The first-order chi connectivity index (χ1) is 12.0. The van der Waals surface area contributed by atoms with Crippen molar-refractivity contribution < 1.29 is 14.4 Å². The summed E-state index contributed by atoms with van der Waals surface area (Å²) in [6.07, 6.45) is 1.73. The molecule has 0 spiro atoms. The van der Waals surface area contributed by atoms with Gasteiger partial charge in [0.05, 0.1) is 0 Å². The second kappa shape index (κ2) is 7.87. The van der Waals surface area contributed by atoms with Gasteiger partial charge in [0.15, 0.2) is 0 Å². The van der Waals surface area contributed by atoms with E-state index in [1.165, 1.54) is 4.90 Å². The van der Waals surface area contributed by atoms with Gasteiger partial charge in [-0.25, -0.2) is 0 Å². The molecule has 25 heavy (non-hydrogen) atoms. The number of carbonyl (C=O) groups is 3. The van der Waals surface area contributed by atoms with E-state index in [0.29, 0.717) is 12.5 Å². The maximum absolute atomic E-state index is 12.0. The predicted octanol–water partition coefficient (Wildman–Crippen LogP) is 1.82. The number of hydrogen-bond acceptors (Lipinski definition) is 4. The van der Waals surface area contributed by atoms with Crippen LogP contribution >= 0.6 is 11.6 Å². The zero-order valence-corrected chi connectivity index (χ0v) is 14.8. The van der Waals surface area contributed by atoms with E-state index >= 15 is 0 Å². The number of amides is 3. The lowest BCUT2D eigenvalue weighted by atomic mass is 10.1. The zero-order chi connectivity index (χ0) is 17.8. The molecule has 0 radical (unpaired) electrons. The summed E-state index contributed by atoms with van der Waals surface area (Å²) in [5.74, 6) is -0.0634. The molecule has 2 saturated heterocycles. The van der Waals surface area contributed by atoms with Crippen LogP contribution in [0.1, 0.15) is 25.7 Å². The molecular weight excluding hydrogens is 342 g/mol. The minimum atomic E-state index is -0.174. The Morgan fingerprint density at radius 2 is 1.84 bits per heavy atom. The number of imide groups is 1. The second-order valence-corrected chi connectivity index (χ2v) is 7.01. The van der Waals surface area contributed by atoms with Crippen LogP contribution in [0.25, 0.3) is 0 Å². The number of benzene rings is 1. The summed E-state index contributed by atoms with van der Waals surface area (Å²) in [5, 5.41) is 3.65. The van der Waals surface area contributed by atoms with Gasteiger partial charge in [-0.3, -0.25) is 19.3 Å². The SMILES string of the molecule is O=C(CCN1C(=O)CCC1=O)NC[C@H]1CCN(c2ccc(Cl)cc2)C1. The van der Waals surface area contributed by atoms with Crippen molar-refractivity contribution in [3.05, 3.63) is 29.3 Å². The first-order valence-corrected chi connectivity index (χ1v) is 9.01. The van der Waals surface area contributed by atoms with Gasteiger partial charge in [0.25, 0.3) is 0 Å². The number of nitrogens with zero attached hydrogens (tertiary/aromatic N) is 2. The average Bonchev–Trinajstić information content (AvgIpc) is 3.19. The largest absolute Gasteiger partial charge is 0.371 e. The number of likely N-dealkylation sites (tertiary alicyclic amines) is 1. The smallest absolute Gasteiger partial charge is 0.229 e. The molecule has 3 amide bonds. The van der Waals surface area contributed by atoms with Crippen molar-refractivity contribution >= 4 is 35.0 Å². The summed E-state index contributed by atoms with van der Waals surface area (Å²) in [4.78, 5) is 38.5. The molecule has 0 aromatic heterocycles. The van der Waals surface area contributed by atoms with Crippen molar-refractivity contribution in [2.75, 3.05) is 31.1 Å². The summed E-state index contributed by atoms with van der Waals surface area (Å²) < 4.78 is 0. The minimum absolute atomic E-state index is 0.113. The maximum atomic E-state index is 12.0. The monoisotopic (exact) mass is 363 g/mol. The van der Waals surface area contributed by atoms with E-state index in [4.69, 9.17) is 11.6 Å². The molecule has 1 N–H and O–H groups in total. The van der Waals surface area contributed by atoms with E-state index in [1.54, 1.807) is 0 Å². The van der Waals surface area contributed by atoms with E-state index in [1.807, 2.05) is 24.3 Å². The van der Waals surface area contributed by atoms with Gasteiger partial charge in [-0.1, -0.05) is 11.6 Å². The fourth-order valence-corrected chi connectivity index (χ4v) is 3.44. The fraction of sp³-hybridized carbons (Fsp3) is 0.500. The molecule has 0 aliphatic carbocycles. The Morgan fingerprint density at radius 3 is 2.52 bits per heavy atom. The van der Waals surface area contributed by atoms with Gasteiger partial charge < -0.3 is 10.2 Å². The Kier molecular flexibility index (Phi) is 5.58. The number of anilines is 1. The van der Waals surface area contributed by atoms with E-state index in [2.05, 4.69) is 10.2 Å². The highest BCUT2D eigenvalue weighted by Gasteiger charge is 2.29.